The number of nitrogens with one attached hydrogen (secondary N) is 1. The van der Waals surface area contributed by atoms with E-state index >= 15 is 0 Å². The SMILES string of the molecule is COCCn1ccnc1-c1nc(NC2CC(OC)C2)c2cc(-c3ccn(C)n3)sc2n1. The van der Waals surface area contributed by atoms with E-state index in [1.807, 2.05) is 34.8 Å². The van der Waals surface area contributed by atoms with E-state index in [0.29, 0.717) is 31.1 Å². The molecule has 5 rings (SSSR count). The summed E-state index contributed by atoms with van der Waals surface area (Å²) in [6.45, 7) is 1.29. The van der Waals surface area contributed by atoms with Crippen LogP contribution in [0.4, 0.5) is 5.82 Å². The fraction of sp³-hybridized carbons (Fsp3) is 0.429. The number of nitrogens with zero attached hydrogens (tertiary/aromatic N) is 6. The van der Waals surface area contributed by atoms with Crippen molar-refractivity contribution in [2.45, 2.75) is 31.5 Å². The van der Waals surface area contributed by atoms with E-state index in [-0.39, 0.29) is 0 Å². The molecule has 1 N–H and O–H groups in total. The van der Waals surface area contributed by atoms with Gasteiger partial charge in [0.1, 0.15) is 16.3 Å². The fourth-order valence-corrected chi connectivity index (χ4v) is 4.76. The van der Waals surface area contributed by atoms with E-state index < -0.39 is 0 Å². The first-order valence-electron chi connectivity index (χ1n) is 10.3. The predicted molar refractivity (Wildman–Crippen MR) is 120 cm³/mol. The van der Waals surface area contributed by atoms with Gasteiger partial charge in [0.15, 0.2) is 11.6 Å². The molecule has 0 unspecified atom stereocenters. The number of ether oxygens (including phenoxy) is 2. The fourth-order valence-electron chi connectivity index (χ4n) is 3.76. The summed E-state index contributed by atoms with van der Waals surface area (Å²) in [7, 11) is 5.38. The number of hydrogen-bond donors (Lipinski definition) is 1. The first kappa shape index (κ1) is 20.1. The highest BCUT2D eigenvalue weighted by Crippen LogP contribution is 2.37. The number of aryl methyl sites for hydroxylation is 1. The lowest BCUT2D eigenvalue weighted by molar-refractivity contribution is 0.0328. The van der Waals surface area contributed by atoms with Crippen molar-refractivity contribution in [2.75, 3.05) is 26.1 Å². The molecule has 4 aromatic rings. The predicted octanol–water partition coefficient (Wildman–Crippen LogP) is 3.19. The number of thiophene rings is 1. The van der Waals surface area contributed by atoms with E-state index in [1.54, 1.807) is 31.8 Å². The molecule has 0 aliphatic heterocycles. The molecule has 1 aliphatic rings. The Hall–Kier alpha value is -2.82. The van der Waals surface area contributed by atoms with Gasteiger partial charge in [0.2, 0.25) is 0 Å². The number of anilines is 1. The first-order chi connectivity index (χ1) is 15.1. The Kier molecular flexibility index (Phi) is 5.43. The van der Waals surface area contributed by atoms with Crippen molar-refractivity contribution in [3.63, 3.8) is 0 Å². The summed E-state index contributed by atoms with van der Waals surface area (Å²) in [6, 6.07) is 4.47. The lowest BCUT2D eigenvalue weighted by Crippen LogP contribution is -2.40. The Labute approximate surface area is 184 Å². The molecular formula is C21H25N7O2S. The van der Waals surface area contributed by atoms with Crippen molar-refractivity contribution in [3.8, 4) is 22.2 Å². The van der Waals surface area contributed by atoms with Crippen molar-refractivity contribution < 1.29 is 9.47 Å². The van der Waals surface area contributed by atoms with Gasteiger partial charge < -0.3 is 19.4 Å². The van der Waals surface area contributed by atoms with Crippen LogP contribution in [0, 0.1) is 0 Å². The number of methoxy groups -OCH3 is 2. The maximum absolute atomic E-state index is 5.44. The molecule has 0 bridgehead atoms. The van der Waals surface area contributed by atoms with E-state index in [1.165, 1.54) is 0 Å². The van der Waals surface area contributed by atoms with Crippen molar-refractivity contribution >= 4 is 27.4 Å². The molecule has 4 heterocycles. The Morgan fingerprint density at radius 3 is 2.84 bits per heavy atom. The number of hydrogen-bond acceptors (Lipinski definition) is 8. The van der Waals surface area contributed by atoms with Crippen LogP contribution >= 0.6 is 11.3 Å². The van der Waals surface area contributed by atoms with Crippen LogP contribution in [-0.2, 0) is 23.1 Å². The topological polar surface area (TPSA) is 91.9 Å². The van der Waals surface area contributed by atoms with Gasteiger partial charge in [-0.25, -0.2) is 15.0 Å². The summed E-state index contributed by atoms with van der Waals surface area (Å²) >= 11 is 1.62. The molecule has 0 saturated heterocycles. The summed E-state index contributed by atoms with van der Waals surface area (Å²) in [5.74, 6) is 2.17. The average Bonchev–Trinajstić information content (AvgIpc) is 3.47. The smallest absolute Gasteiger partial charge is 0.199 e. The van der Waals surface area contributed by atoms with Gasteiger partial charge in [-0.2, -0.15) is 5.10 Å². The molecule has 162 valence electrons. The monoisotopic (exact) mass is 439 g/mol. The van der Waals surface area contributed by atoms with E-state index in [4.69, 9.17) is 19.4 Å². The molecule has 31 heavy (non-hydrogen) atoms. The molecule has 10 heteroatoms. The molecule has 0 radical (unpaired) electrons. The lowest BCUT2D eigenvalue weighted by Gasteiger charge is -2.35. The Bertz CT molecular complexity index is 1190. The second kappa shape index (κ2) is 8.37. The third-order valence-electron chi connectivity index (χ3n) is 5.58. The van der Waals surface area contributed by atoms with Crippen molar-refractivity contribution in [1.82, 2.24) is 29.3 Å². The van der Waals surface area contributed by atoms with Crippen LogP contribution in [-0.4, -0.2) is 62.3 Å². The highest BCUT2D eigenvalue weighted by molar-refractivity contribution is 7.21. The normalized spacial score (nSPS) is 18.4. The Morgan fingerprint density at radius 2 is 2.10 bits per heavy atom. The van der Waals surface area contributed by atoms with Crippen LogP contribution < -0.4 is 5.32 Å². The zero-order valence-electron chi connectivity index (χ0n) is 17.8. The van der Waals surface area contributed by atoms with Crippen LogP contribution in [0.1, 0.15) is 12.8 Å². The first-order valence-corrected chi connectivity index (χ1v) is 11.1. The Morgan fingerprint density at radius 1 is 1.23 bits per heavy atom. The van der Waals surface area contributed by atoms with Gasteiger partial charge in [-0.3, -0.25) is 4.68 Å². The van der Waals surface area contributed by atoms with Gasteiger partial charge in [0.05, 0.1) is 23.0 Å². The van der Waals surface area contributed by atoms with Crippen molar-refractivity contribution in [2.24, 2.45) is 7.05 Å². The third-order valence-corrected chi connectivity index (χ3v) is 6.63. The molecule has 1 saturated carbocycles. The van der Waals surface area contributed by atoms with E-state index in [9.17, 15) is 0 Å². The second-order valence-corrected chi connectivity index (χ2v) is 8.74. The molecule has 0 spiro atoms. The number of aromatic nitrogens is 6. The van der Waals surface area contributed by atoms with Crippen LogP contribution in [0.25, 0.3) is 32.4 Å². The average molecular weight is 440 g/mol. The van der Waals surface area contributed by atoms with Gasteiger partial charge in [0, 0.05) is 52.4 Å². The van der Waals surface area contributed by atoms with Crippen LogP contribution in [0.15, 0.2) is 30.7 Å². The zero-order valence-corrected chi connectivity index (χ0v) is 18.6. The molecule has 1 aliphatic carbocycles. The molecule has 9 nitrogen and oxygen atoms in total. The molecule has 4 aromatic heterocycles. The molecular weight excluding hydrogens is 414 g/mol. The quantitative estimate of drug-likeness (QED) is 0.451. The number of rotatable bonds is 8. The maximum Gasteiger partial charge on any atom is 0.199 e. The number of fused-ring (bicyclic) bond motifs is 1. The summed E-state index contributed by atoms with van der Waals surface area (Å²) in [5, 5.41) is 9.16. The molecule has 1 fully saturated rings. The van der Waals surface area contributed by atoms with Gasteiger partial charge >= 0.3 is 0 Å². The highest BCUT2D eigenvalue weighted by atomic mass is 32.1. The largest absolute Gasteiger partial charge is 0.383 e. The van der Waals surface area contributed by atoms with Crippen LogP contribution in [0.2, 0.25) is 0 Å². The van der Waals surface area contributed by atoms with Crippen LogP contribution in [0.5, 0.6) is 0 Å². The minimum atomic E-state index is 0.314. The third kappa shape index (κ3) is 3.93. The van der Waals surface area contributed by atoms with Crippen LogP contribution in [0.3, 0.4) is 0 Å². The molecule has 0 aromatic carbocycles. The molecule has 0 amide bonds. The van der Waals surface area contributed by atoms with Gasteiger partial charge in [-0.05, 0) is 25.0 Å². The lowest BCUT2D eigenvalue weighted by atomic mass is 9.89. The van der Waals surface area contributed by atoms with Gasteiger partial charge in [-0.1, -0.05) is 0 Å². The standard InChI is InChI=1S/C21H25N7O2S/c1-27-6-4-16(26-27)17-12-15-18(23-13-10-14(11-13)30-3)24-19(25-21(15)31-17)20-22-5-7-28(20)8-9-29-2/h4-7,12-14H,8-11H2,1-3H3,(H,23,24,25). The minimum Gasteiger partial charge on any atom is -0.383 e. The van der Waals surface area contributed by atoms with Crippen molar-refractivity contribution in [3.05, 3.63) is 30.7 Å². The summed E-state index contributed by atoms with van der Waals surface area (Å²) < 4.78 is 14.5. The van der Waals surface area contributed by atoms with E-state index in [0.717, 1.165) is 45.3 Å². The number of imidazole rings is 1. The minimum absolute atomic E-state index is 0.314. The van der Waals surface area contributed by atoms with Gasteiger partial charge in [-0.15, -0.1) is 11.3 Å². The second-order valence-electron chi connectivity index (χ2n) is 7.71. The molecule has 0 atom stereocenters. The van der Waals surface area contributed by atoms with Gasteiger partial charge in [0.25, 0.3) is 0 Å². The maximum atomic E-state index is 5.44. The summed E-state index contributed by atoms with van der Waals surface area (Å²) in [6.07, 6.45) is 7.90. The zero-order chi connectivity index (χ0) is 21.4. The van der Waals surface area contributed by atoms with E-state index in [2.05, 4.69) is 21.5 Å². The highest BCUT2D eigenvalue weighted by Gasteiger charge is 2.30. The summed E-state index contributed by atoms with van der Waals surface area (Å²) in [5.41, 5.74) is 0.933. The van der Waals surface area contributed by atoms with Crippen molar-refractivity contribution in [1.29, 1.82) is 0 Å². The summed E-state index contributed by atoms with van der Waals surface area (Å²) in [4.78, 5) is 16.3. The Balaban J connectivity index is 1.56.